The molecule has 0 unspecified atom stereocenters. The maximum absolute atomic E-state index is 13.8. The third-order valence-electron chi connectivity index (χ3n) is 5.32. The Morgan fingerprint density at radius 3 is 2.26 bits per heavy atom. The van der Waals surface area contributed by atoms with Crippen molar-refractivity contribution in [3.05, 3.63) is 120 Å². The highest BCUT2D eigenvalue weighted by atomic mass is 32.2. The lowest BCUT2D eigenvalue weighted by Gasteiger charge is -2.26. The molecular weight excluding hydrogens is 467 g/mol. The molecule has 1 N–H and O–H groups in total. The molecule has 0 radical (unpaired) electrons. The molecule has 4 aromatic carbocycles. The summed E-state index contributed by atoms with van der Waals surface area (Å²) in [6, 6.07) is 27.1. The van der Waals surface area contributed by atoms with Crippen molar-refractivity contribution >= 4 is 27.3 Å². The van der Waals surface area contributed by atoms with Crippen molar-refractivity contribution in [3.63, 3.8) is 0 Å². The fourth-order valence-corrected chi connectivity index (χ4v) is 5.04. The molecule has 0 spiro atoms. The minimum atomic E-state index is -4.08. The molecule has 35 heavy (non-hydrogen) atoms. The maximum Gasteiger partial charge on any atom is 0.264 e. The number of ether oxygens (including phenoxy) is 1. The number of hydrogen-bond acceptors (Lipinski definition) is 4. The normalized spacial score (nSPS) is 11.0. The first-order valence-electron chi connectivity index (χ1n) is 10.7. The van der Waals surface area contributed by atoms with Crippen LogP contribution >= 0.6 is 0 Å². The van der Waals surface area contributed by atoms with Crippen LogP contribution in [-0.2, 0) is 16.6 Å². The number of sulfonamides is 1. The van der Waals surface area contributed by atoms with Gasteiger partial charge in [0.25, 0.3) is 15.9 Å². The van der Waals surface area contributed by atoms with E-state index in [0.29, 0.717) is 5.75 Å². The Labute approximate surface area is 203 Å². The summed E-state index contributed by atoms with van der Waals surface area (Å²) in [4.78, 5) is 13.2. The summed E-state index contributed by atoms with van der Waals surface area (Å²) in [6.45, 7) is -0.000535. The van der Waals surface area contributed by atoms with E-state index in [0.717, 1.165) is 5.56 Å². The predicted molar refractivity (Wildman–Crippen MR) is 134 cm³/mol. The van der Waals surface area contributed by atoms with E-state index in [1.807, 2.05) is 30.3 Å². The van der Waals surface area contributed by atoms with Crippen LogP contribution in [0, 0.1) is 5.82 Å². The van der Waals surface area contributed by atoms with Crippen molar-refractivity contribution in [3.8, 4) is 5.75 Å². The number of carbonyl (C=O) groups is 1. The number of benzene rings is 4. The van der Waals surface area contributed by atoms with E-state index in [1.165, 1.54) is 47.8 Å². The van der Waals surface area contributed by atoms with Gasteiger partial charge in [-0.2, -0.15) is 0 Å². The van der Waals surface area contributed by atoms with Gasteiger partial charge >= 0.3 is 0 Å². The van der Waals surface area contributed by atoms with Gasteiger partial charge in [-0.15, -0.1) is 0 Å². The highest BCUT2D eigenvalue weighted by molar-refractivity contribution is 7.92. The molecule has 0 heterocycles. The summed E-state index contributed by atoms with van der Waals surface area (Å²) in [7, 11) is -2.58. The third-order valence-corrected chi connectivity index (χ3v) is 7.09. The van der Waals surface area contributed by atoms with E-state index < -0.39 is 21.7 Å². The molecular formula is C27H23FN2O4S. The zero-order valence-electron chi connectivity index (χ0n) is 18.9. The van der Waals surface area contributed by atoms with E-state index >= 15 is 0 Å². The molecule has 4 aromatic rings. The Bertz CT molecular complexity index is 1430. The number of hydrogen-bond donors (Lipinski definition) is 1. The second-order valence-electron chi connectivity index (χ2n) is 7.65. The molecule has 1 amide bonds. The number of amides is 1. The van der Waals surface area contributed by atoms with Crippen LogP contribution in [0.15, 0.2) is 108 Å². The van der Waals surface area contributed by atoms with Crippen molar-refractivity contribution in [1.82, 2.24) is 0 Å². The molecule has 0 atom stereocenters. The van der Waals surface area contributed by atoms with Crippen LogP contribution in [0.4, 0.5) is 15.8 Å². The number of carbonyl (C=O) groups excluding carboxylic acids is 1. The molecule has 0 saturated heterocycles. The molecule has 8 heteroatoms. The first-order valence-corrected chi connectivity index (χ1v) is 12.2. The first kappa shape index (κ1) is 24.0. The number of para-hydroxylation sites is 1. The molecule has 6 nitrogen and oxygen atoms in total. The largest absolute Gasteiger partial charge is 0.497 e. The van der Waals surface area contributed by atoms with Gasteiger partial charge in [0.1, 0.15) is 11.6 Å². The van der Waals surface area contributed by atoms with Crippen LogP contribution in [0.1, 0.15) is 15.9 Å². The van der Waals surface area contributed by atoms with Gasteiger partial charge in [-0.25, -0.2) is 12.8 Å². The molecule has 4 rings (SSSR count). The fourth-order valence-electron chi connectivity index (χ4n) is 3.57. The van der Waals surface area contributed by atoms with Crippen LogP contribution < -0.4 is 14.4 Å². The van der Waals surface area contributed by atoms with E-state index in [-0.39, 0.29) is 28.4 Å². The van der Waals surface area contributed by atoms with Gasteiger partial charge < -0.3 is 10.1 Å². The molecule has 0 aromatic heterocycles. The van der Waals surface area contributed by atoms with E-state index in [2.05, 4.69) is 5.32 Å². The Balaban J connectivity index is 1.78. The summed E-state index contributed by atoms with van der Waals surface area (Å²) in [6.07, 6.45) is 0. The van der Waals surface area contributed by atoms with Gasteiger partial charge in [-0.05, 0) is 60.2 Å². The van der Waals surface area contributed by atoms with Crippen LogP contribution in [0.3, 0.4) is 0 Å². The topological polar surface area (TPSA) is 75.7 Å². The van der Waals surface area contributed by atoms with Gasteiger partial charge in [0.15, 0.2) is 0 Å². The van der Waals surface area contributed by atoms with Crippen LogP contribution in [0.2, 0.25) is 0 Å². The summed E-state index contributed by atoms with van der Waals surface area (Å²) in [5.74, 6) is -0.536. The minimum absolute atomic E-state index is 0.000535. The van der Waals surface area contributed by atoms with Crippen LogP contribution in [0.25, 0.3) is 0 Å². The lowest BCUT2D eigenvalue weighted by atomic mass is 10.1. The second-order valence-corrected chi connectivity index (χ2v) is 9.52. The number of anilines is 2. The molecule has 0 bridgehead atoms. The van der Waals surface area contributed by atoms with Gasteiger partial charge in [0.05, 0.1) is 29.8 Å². The maximum atomic E-state index is 13.8. The average molecular weight is 491 g/mol. The Hall–Kier alpha value is -4.17. The average Bonchev–Trinajstić information content (AvgIpc) is 2.88. The highest BCUT2D eigenvalue weighted by Crippen LogP contribution is 2.30. The summed E-state index contributed by atoms with van der Waals surface area (Å²) in [5.41, 5.74) is 1.33. The predicted octanol–water partition coefficient (Wildman–Crippen LogP) is 5.48. The standard InChI is InChI=1S/C27H23FN2O4S/c1-34-23-14-16-24(17-15-23)35(32,33)30(19-20-8-3-2-4-9-20)26-13-6-5-12-25(26)27(31)29-22-11-7-10-21(28)18-22/h2-18H,19H2,1H3,(H,29,31). The molecule has 0 aliphatic heterocycles. The number of halogens is 1. The lowest BCUT2D eigenvalue weighted by molar-refractivity contribution is 0.102. The quantitative estimate of drug-likeness (QED) is 0.355. The summed E-state index contributed by atoms with van der Waals surface area (Å²) < 4.78 is 47.6. The van der Waals surface area contributed by atoms with Crippen LogP contribution in [-0.4, -0.2) is 21.4 Å². The van der Waals surface area contributed by atoms with Crippen molar-refractivity contribution in [2.75, 3.05) is 16.7 Å². The molecule has 178 valence electrons. The highest BCUT2D eigenvalue weighted by Gasteiger charge is 2.28. The Kier molecular flexibility index (Phi) is 7.12. The van der Waals surface area contributed by atoms with E-state index in [1.54, 1.807) is 36.4 Å². The van der Waals surface area contributed by atoms with Crippen molar-refractivity contribution in [2.45, 2.75) is 11.4 Å². The minimum Gasteiger partial charge on any atom is -0.497 e. The fraction of sp³-hybridized carbons (Fsp3) is 0.0741. The number of nitrogens with zero attached hydrogens (tertiary/aromatic N) is 1. The number of rotatable bonds is 8. The van der Waals surface area contributed by atoms with Gasteiger partial charge in [-0.3, -0.25) is 9.10 Å². The summed E-state index contributed by atoms with van der Waals surface area (Å²) in [5, 5.41) is 2.65. The lowest BCUT2D eigenvalue weighted by Crippen LogP contribution is -2.32. The number of methoxy groups -OCH3 is 1. The molecule has 0 fully saturated rings. The summed E-state index contributed by atoms with van der Waals surface area (Å²) >= 11 is 0. The number of nitrogens with one attached hydrogen (secondary N) is 1. The van der Waals surface area contributed by atoms with Crippen molar-refractivity contribution in [1.29, 1.82) is 0 Å². The zero-order valence-corrected chi connectivity index (χ0v) is 19.7. The molecule has 0 saturated carbocycles. The molecule has 0 aliphatic carbocycles. The third kappa shape index (κ3) is 5.50. The smallest absolute Gasteiger partial charge is 0.264 e. The first-order chi connectivity index (χ1) is 16.9. The Morgan fingerprint density at radius 1 is 0.886 bits per heavy atom. The van der Waals surface area contributed by atoms with Gasteiger partial charge in [0, 0.05) is 5.69 Å². The zero-order chi connectivity index (χ0) is 24.8. The van der Waals surface area contributed by atoms with Crippen LogP contribution in [0.5, 0.6) is 5.75 Å². The van der Waals surface area contributed by atoms with Crippen molar-refractivity contribution in [2.24, 2.45) is 0 Å². The Morgan fingerprint density at radius 2 is 1.57 bits per heavy atom. The van der Waals surface area contributed by atoms with Gasteiger partial charge in [0.2, 0.25) is 0 Å². The van der Waals surface area contributed by atoms with E-state index in [4.69, 9.17) is 4.74 Å². The second kappa shape index (κ2) is 10.4. The van der Waals surface area contributed by atoms with Gasteiger partial charge in [-0.1, -0.05) is 48.5 Å². The monoisotopic (exact) mass is 490 g/mol. The SMILES string of the molecule is COc1ccc(S(=O)(=O)N(Cc2ccccc2)c2ccccc2C(=O)Nc2cccc(F)c2)cc1. The van der Waals surface area contributed by atoms with E-state index in [9.17, 15) is 17.6 Å². The molecule has 0 aliphatic rings. The van der Waals surface area contributed by atoms with Crippen molar-refractivity contribution < 1.29 is 22.3 Å².